The summed E-state index contributed by atoms with van der Waals surface area (Å²) >= 11 is 6.08. The lowest BCUT2D eigenvalue weighted by molar-refractivity contribution is -0.123. The molecule has 1 aliphatic rings. The van der Waals surface area contributed by atoms with Gasteiger partial charge in [-0.05, 0) is 18.2 Å². The fourth-order valence-corrected chi connectivity index (χ4v) is 2.12. The standard InChI is InChI=1S/C14H14ClN3O2/c15-12-8-11(4-3-10(12)2-1-5-16)14(20)18-7-6-17-13(19)9-18/h3-4,8H,5-7,9,16H2,(H,17,19). The van der Waals surface area contributed by atoms with Crippen LogP contribution >= 0.6 is 11.6 Å². The molecule has 0 aliphatic carbocycles. The van der Waals surface area contributed by atoms with Crippen LogP contribution in [-0.2, 0) is 4.79 Å². The zero-order valence-corrected chi connectivity index (χ0v) is 11.5. The zero-order valence-electron chi connectivity index (χ0n) is 10.8. The van der Waals surface area contributed by atoms with Crippen LogP contribution in [0.2, 0.25) is 5.02 Å². The van der Waals surface area contributed by atoms with Gasteiger partial charge in [0.15, 0.2) is 0 Å². The first kappa shape index (κ1) is 14.4. The molecule has 0 radical (unpaired) electrons. The second kappa shape index (κ2) is 6.42. The van der Waals surface area contributed by atoms with Crippen molar-refractivity contribution in [1.82, 2.24) is 10.2 Å². The molecule has 1 fully saturated rings. The Kier molecular flexibility index (Phi) is 4.61. The summed E-state index contributed by atoms with van der Waals surface area (Å²) < 4.78 is 0. The predicted octanol–water partition coefficient (Wildman–Crippen LogP) is 0.222. The number of hydrogen-bond donors (Lipinski definition) is 2. The van der Waals surface area contributed by atoms with Gasteiger partial charge < -0.3 is 16.0 Å². The van der Waals surface area contributed by atoms with Crippen LogP contribution in [-0.4, -0.2) is 42.9 Å². The van der Waals surface area contributed by atoms with Gasteiger partial charge in [0.1, 0.15) is 0 Å². The fraction of sp³-hybridized carbons (Fsp3) is 0.286. The Morgan fingerprint density at radius 2 is 2.30 bits per heavy atom. The molecule has 1 heterocycles. The third-order valence-electron chi connectivity index (χ3n) is 2.87. The number of halogens is 1. The normalized spacial score (nSPS) is 14.3. The summed E-state index contributed by atoms with van der Waals surface area (Å²) in [5.74, 6) is 5.18. The molecule has 6 heteroatoms. The van der Waals surface area contributed by atoms with Crippen LogP contribution in [0, 0.1) is 11.8 Å². The highest BCUT2D eigenvalue weighted by Gasteiger charge is 2.22. The maximum absolute atomic E-state index is 12.3. The van der Waals surface area contributed by atoms with E-state index >= 15 is 0 Å². The highest BCUT2D eigenvalue weighted by molar-refractivity contribution is 6.32. The highest BCUT2D eigenvalue weighted by Crippen LogP contribution is 2.18. The van der Waals surface area contributed by atoms with Gasteiger partial charge in [-0.3, -0.25) is 9.59 Å². The first-order valence-electron chi connectivity index (χ1n) is 6.16. The van der Waals surface area contributed by atoms with Crippen molar-refractivity contribution < 1.29 is 9.59 Å². The smallest absolute Gasteiger partial charge is 0.254 e. The summed E-state index contributed by atoms with van der Waals surface area (Å²) in [5.41, 5.74) is 6.38. The highest BCUT2D eigenvalue weighted by atomic mass is 35.5. The molecule has 0 bridgehead atoms. The van der Waals surface area contributed by atoms with E-state index in [1.54, 1.807) is 18.2 Å². The maximum Gasteiger partial charge on any atom is 0.254 e. The Balaban J connectivity index is 2.18. The molecule has 5 nitrogen and oxygen atoms in total. The molecule has 104 valence electrons. The largest absolute Gasteiger partial charge is 0.353 e. The number of carbonyl (C=O) groups is 2. The van der Waals surface area contributed by atoms with Crippen LogP contribution in [0.3, 0.4) is 0 Å². The number of carbonyl (C=O) groups excluding carboxylic acids is 2. The molecule has 1 aromatic rings. The monoisotopic (exact) mass is 291 g/mol. The van der Waals surface area contributed by atoms with Crippen molar-refractivity contribution in [2.45, 2.75) is 0 Å². The Morgan fingerprint density at radius 3 is 2.95 bits per heavy atom. The van der Waals surface area contributed by atoms with Gasteiger partial charge in [-0.15, -0.1) is 0 Å². The molecule has 1 aromatic carbocycles. The predicted molar refractivity (Wildman–Crippen MR) is 76.3 cm³/mol. The number of nitrogens with two attached hydrogens (primary N) is 1. The maximum atomic E-state index is 12.3. The van der Waals surface area contributed by atoms with E-state index in [0.29, 0.717) is 29.2 Å². The summed E-state index contributed by atoms with van der Waals surface area (Å²) in [6, 6.07) is 4.90. The summed E-state index contributed by atoms with van der Waals surface area (Å²) in [5, 5.41) is 3.07. The Morgan fingerprint density at radius 1 is 1.50 bits per heavy atom. The summed E-state index contributed by atoms with van der Waals surface area (Å²) in [7, 11) is 0. The van der Waals surface area contributed by atoms with Gasteiger partial charge in [-0.25, -0.2) is 0 Å². The van der Waals surface area contributed by atoms with Gasteiger partial charge in [-0.2, -0.15) is 0 Å². The molecule has 1 aliphatic heterocycles. The molecule has 1 saturated heterocycles. The van der Waals surface area contributed by atoms with Gasteiger partial charge in [0.25, 0.3) is 5.91 Å². The summed E-state index contributed by atoms with van der Waals surface area (Å²) in [6.45, 7) is 1.29. The van der Waals surface area contributed by atoms with Crippen LogP contribution in [0.4, 0.5) is 0 Å². The average molecular weight is 292 g/mol. The molecule has 0 saturated carbocycles. The lowest BCUT2D eigenvalue weighted by atomic mass is 10.1. The minimum atomic E-state index is -0.208. The van der Waals surface area contributed by atoms with Crippen molar-refractivity contribution in [3.05, 3.63) is 34.3 Å². The molecule has 2 rings (SSSR count). The van der Waals surface area contributed by atoms with Crippen molar-refractivity contribution in [3.63, 3.8) is 0 Å². The van der Waals surface area contributed by atoms with Crippen molar-refractivity contribution in [3.8, 4) is 11.8 Å². The minimum absolute atomic E-state index is 0.0746. The number of hydrogen-bond acceptors (Lipinski definition) is 3. The second-order valence-corrected chi connectivity index (χ2v) is 4.68. The van der Waals surface area contributed by atoms with E-state index in [1.807, 2.05) is 0 Å². The third-order valence-corrected chi connectivity index (χ3v) is 3.18. The molecule has 20 heavy (non-hydrogen) atoms. The van der Waals surface area contributed by atoms with E-state index < -0.39 is 0 Å². The van der Waals surface area contributed by atoms with Gasteiger partial charge in [0.2, 0.25) is 5.91 Å². The molecular formula is C14H14ClN3O2. The van der Waals surface area contributed by atoms with Crippen LogP contribution in [0.1, 0.15) is 15.9 Å². The lowest BCUT2D eigenvalue weighted by Gasteiger charge is -2.26. The van der Waals surface area contributed by atoms with E-state index in [1.165, 1.54) is 4.90 Å². The van der Waals surface area contributed by atoms with E-state index in [2.05, 4.69) is 17.2 Å². The van der Waals surface area contributed by atoms with E-state index in [9.17, 15) is 9.59 Å². The van der Waals surface area contributed by atoms with Crippen LogP contribution in [0.15, 0.2) is 18.2 Å². The minimum Gasteiger partial charge on any atom is -0.353 e. The van der Waals surface area contributed by atoms with Gasteiger partial charge in [-0.1, -0.05) is 23.4 Å². The van der Waals surface area contributed by atoms with Gasteiger partial charge in [0.05, 0.1) is 18.1 Å². The number of piperazine rings is 1. The van der Waals surface area contributed by atoms with Crippen molar-refractivity contribution in [2.24, 2.45) is 5.73 Å². The number of amides is 2. The van der Waals surface area contributed by atoms with Crippen molar-refractivity contribution >= 4 is 23.4 Å². The van der Waals surface area contributed by atoms with E-state index in [0.717, 1.165) is 0 Å². The Bertz CT molecular complexity index is 604. The molecular weight excluding hydrogens is 278 g/mol. The van der Waals surface area contributed by atoms with E-state index in [-0.39, 0.29) is 24.9 Å². The summed E-state index contributed by atoms with van der Waals surface area (Å²) in [4.78, 5) is 25.0. The first-order valence-corrected chi connectivity index (χ1v) is 6.54. The van der Waals surface area contributed by atoms with Crippen molar-refractivity contribution in [2.75, 3.05) is 26.2 Å². The molecule has 0 unspecified atom stereocenters. The molecule has 3 N–H and O–H groups in total. The number of nitrogens with zero attached hydrogens (tertiary/aromatic N) is 1. The lowest BCUT2D eigenvalue weighted by Crippen LogP contribution is -2.49. The van der Waals surface area contributed by atoms with Crippen molar-refractivity contribution in [1.29, 1.82) is 0 Å². The molecule has 2 amide bonds. The summed E-state index contributed by atoms with van der Waals surface area (Å²) in [6.07, 6.45) is 0. The zero-order chi connectivity index (χ0) is 14.5. The number of rotatable bonds is 1. The topological polar surface area (TPSA) is 75.4 Å². The fourth-order valence-electron chi connectivity index (χ4n) is 1.89. The van der Waals surface area contributed by atoms with Gasteiger partial charge >= 0.3 is 0 Å². The second-order valence-electron chi connectivity index (χ2n) is 4.28. The third kappa shape index (κ3) is 3.29. The van der Waals surface area contributed by atoms with E-state index in [4.69, 9.17) is 17.3 Å². The first-order chi connectivity index (χ1) is 9.61. The van der Waals surface area contributed by atoms with Crippen LogP contribution in [0.25, 0.3) is 0 Å². The average Bonchev–Trinajstić information content (AvgIpc) is 2.45. The Hall–Kier alpha value is -2.03. The quantitative estimate of drug-likeness (QED) is 0.727. The SMILES string of the molecule is NCC#Cc1ccc(C(=O)N2CCNC(=O)C2)cc1Cl. The number of benzene rings is 1. The van der Waals surface area contributed by atoms with Gasteiger partial charge in [0, 0.05) is 24.2 Å². The molecule has 0 spiro atoms. The van der Waals surface area contributed by atoms with Crippen LogP contribution in [0.5, 0.6) is 0 Å². The molecule has 0 atom stereocenters. The number of nitrogens with one attached hydrogen (secondary N) is 1. The molecule has 0 aromatic heterocycles. The Labute approximate surface area is 122 Å². The van der Waals surface area contributed by atoms with Crippen LogP contribution < -0.4 is 11.1 Å².